The minimum absolute atomic E-state index is 0.153. The molecule has 3 rings (SSSR count). The van der Waals surface area contributed by atoms with Crippen molar-refractivity contribution in [3.63, 3.8) is 0 Å². The number of hydrogen-bond acceptors (Lipinski definition) is 5. The third-order valence-corrected chi connectivity index (χ3v) is 3.78. The highest BCUT2D eigenvalue weighted by Crippen LogP contribution is 2.12. The fourth-order valence-electron chi connectivity index (χ4n) is 2.43. The Bertz CT molecular complexity index is 814. The number of carbonyl (C=O) groups is 2. The predicted molar refractivity (Wildman–Crippen MR) is 92.9 cm³/mol. The molecule has 3 aromatic rings. The van der Waals surface area contributed by atoms with Gasteiger partial charge >= 0.3 is 0 Å². The second kappa shape index (κ2) is 8.66. The molecule has 0 aliphatic heterocycles. The second-order valence-electron chi connectivity index (χ2n) is 5.67. The molecule has 0 saturated heterocycles. The zero-order valence-corrected chi connectivity index (χ0v) is 14.1. The van der Waals surface area contributed by atoms with Gasteiger partial charge in [-0.05, 0) is 30.3 Å². The first-order valence-electron chi connectivity index (χ1n) is 8.23. The van der Waals surface area contributed by atoms with Gasteiger partial charge in [-0.25, -0.2) is 0 Å². The SMILES string of the molecule is O=C(CCN(Cc1ccco1)C(=O)c1ccoc1)NCc1ccccn1. The Morgan fingerprint density at radius 3 is 2.73 bits per heavy atom. The molecule has 0 fully saturated rings. The summed E-state index contributed by atoms with van der Waals surface area (Å²) in [7, 11) is 0. The van der Waals surface area contributed by atoms with Crippen LogP contribution < -0.4 is 5.32 Å². The third-order valence-electron chi connectivity index (χ3n) is 3.78. The van der Waals surface area contributed by atoms with Crippen molar-refractivity contribution in [3.05, 3.63) is 78.4 Å². The average molecular weight is 353 g/mol. The van der Waals surface area contributed by atoms with Gasteiger partial charge < -0.3 is 19.1 Å². The van der Waals surface area contributed by atoms with Crippen molar-refractivity contribution in [3.8, 4) is 0 Å². The van der Waals surface area contributed by atoms with Crippen molar-refractivity contribution in [1.82, 2.24) is 15.2 Å². The van der Waals surface area contributed by atoms with Crippen molar-refractivity contribution in [2.75, 3.05) is 6.54 Å². The van der Waals surface area contributed by atoms with Crippen LogP contribution >= 0.6 is 0 Å². The molecule has 0 bridgehead atoms. The summed E-state index contributed by atoms with van der Waals surface area (Å²) in [6.07, 6.45) is 6.24. The van der Waals surface area contributed by atoms with Crippen LogP contribution in [-0.4, -0.2) is 28.2 Å². The average Bonchev–Trinajstić information content (AvgIpc) is 3.37. The van der Waals surface area contributed by atoms with Crippen LogP contribution in [0.3, 0.4) is 0 Å². The lowest BCUT2D eigenvalue weighted by molar-refractivity contribution is -0.121. The summed E-state index contributed by atoms with van der Waals surface area (Å²) in [6, 6.07) is 10.7. The number of carbonyl (C=O) groups excluding carboxylic acids is 2. The van der Waals surface area contributed by atoms with E-state index in [1.54, 1.807) is 35.6 Å². The van der Waals surface area contributed by atoms with Gasteiger partial charge in [-0.1, -0.05) is 6.07 Å². The van der Waals surface area contributed by atoms with Crippen LogP contribution in [0.1, 0.15) is 28.2 Å². The molecule has 0 spiro atoms. The lowest BCUT2D eigenvalue weighted by Crippen LogP contribution is -2.34. The molecule has 134 valence electrons. The maximum absolute atomic E-state index is 12.6. The molecule has 3 heterocycles. The summed E-state index contributed by atoms with van der Waals surface area (Å²) in [5, 5.41) is 2.81. The van der Waals surface area contributed by atoms with E-state index in [9.17, 15) is 9.59 Å². The van der Waals surface area contributed by atoms with E-state index in [2.05, 4.69) is 10.3 Å². The van der Waals surface area contributed by atoms with E-state index in [4.69, 9.17) is 8.83 Å². The summed E-state index contributed by atoms with van der Waals surface area (Å²) in [6.45, 7) is 0.900. The predicted octanol–water partition coefficient (Wildman–Crippen LogP) is 2.62. The number of nitrogens with one attached hydrogen (secondary N) is 1. The highest BCUT2D eigenvalue weighted by molar-refractivity contribution is 5.94. The van der Waals surface area contributed by atoms with Gasteiger partial charge in [0.1, 0.15) is 12.0 Å². The van der Waals surface area contributed by atoms with Gasteiger partial charge in [-0.2, -0.15) is 0 Å². The fraction of sp³-hybridized carbons (Fsp3) is 0.211. The zero-order valence-electron chi connectivity index (χ0n) is 14.1. The zero-order chi connectivity index (χ0) is 18.2. The second-order valence-corrected chi connectivity index (χ2v) is 5.67. The lowest BCUT2D eigenvalue weighted by atomic mass is 10.2. The Morgan fingerprint density at radius 1 is 1.12 bits per heavy atom. The molecule has 0 aromatic carbocycles. The van der Waals surface area contributed by atoms with Crippen molar-refractivity contribution in [2.24, 2.45) is 0 Å². The van der Waals surface area contributed by atoms with Gasteiger partial charge in [0.25, 0.3) is 5.91 Å². The Labute approximate surface area is 150 Å². The first-order valence-corrected chi connectivity index (χ1v) is 8.23. The lowest BCUT2D eigenvalue weighted by Gasteiger charge is -2.20. The topological polar surface area (TPSA) is 88.6 Å². The highest BCUT2D eigenvalue weighted by Gasteiger charge is 2.19. The molecule has 0 aliphatic rings. The Morgan fingerprint density at radius 2 is 2.04 bits per heavy atom. The summed E-state index contributed by atoms with van der Waals surface area (Å²) >= 11 is 0. The standard InChI is InChI=1S/C19H19N3O4/c23-18(21-12-16-4-1-2-8-20-16)6-9-22(13-17-5-3-10-26-17)19(24)15-7-11-25-14-15/h1-5,7-8,10-11,14H,6,9,12-13H2,(H,21,23). The van der Waals surface area contributed by atoms with Gasteiger partial charge in [0.05, 0.1) is 36.9 Å². The monoisotopic (exact) mass is 353 g/mol. The van der Waals surface area contributed by atoms with E-state index in [0.717, 1.165) is 5.69 Å². The van der Waals surface area contributed by atoms with Crippen molar-refractivity contribution < 1.29 is 18.4 Å². The Kier molecular flexibility index (Phi) is 5.82. The fourth-order valence-corrected chi connectivity index (χ4v) is 2.43. The Balaban J connectivity index is 1.56. The third kappa shape index (κ3) is 4.83. The first-order chi connectivity index (χ1) is 12.7. The highest BCUT2D eigenvalue weighted by atomic mass is 16.3. The van der Waals surface area contributed by atoms with Gasteiger partial charge in [-0.3, -0.25) is 14.6 Å². The van der Waals surface area contributed by atoms with E-state index in [1.807, 2.05) is 18.2 Å². The largest absolute Gasteiger partial charge is 0.472 e. The molecular formula is C19H19N3O4. The van der Waals surface area contributed by atoms with E-state index in [1.165, 1.54) is 12.5 Å². The van der Waals surface area contributed by atoms with Gasteiger partial charge in [0.15, 0.2) is 0 Å². The molecule has 2 amide bonds. The van der Waals surface area contributed by atoms with Gasteiger partial charge in [0, 0.05) is 19.2 Å². The molecule has 0 aliphatic carbocycles. The summed E-state index contributed by atoms with van der Waals surface area (Å²) in [4.78, 5) is 30.4. The van der Waals surface area contributed by atoms with Gasteiger partial charge in [0.2, 0.25) is 5.91 Å². The molecule has 0 unspecified atom stereocenters. The number of hydrogen-bond donors (Lipinski definition) is 1. The first kappa shape index (κ1) is 17.5. The number of nitrogens with zero attached hydrogens (tertiary/aromatic N) is 2. The number of amides is 2. The molecule has 0 saturated carbocycles. The van der Waals surface area contributed by atoms with Crippen LogP contribution in [-0.2, 0) is 17.9 Å². The van der Waals surface area contributed by atoms with Crippen LogP contribution in [0.15, 0.2) is 70.2 Å². The number of furan rings is 2. The molecule has 7 nitrogen and oxygen atoms in total. The van der Waals surface area contributed by atoms with Crippen molar-refractivity contribution in [1.29, 1.82) is 0 Å². The van der Waals surface area contributed by atoms with Crippen LogP contribution in [0.25, 0.3) is 0 Å². The summed E-state index contributed by atoms with van der Waals surface area (Å²) < 4.78 is 10.3. The van der Waals surface area contributed by atoms with E-state index >= 15 is 0 Å². The van der Waals surface area contributed by atoms with Crippen LogP contribution in [0, 0.1) is 0 Å². The van der Waals surface area contributed by atoms with E-state index < -0.39 is 0 Å². The molecule has 0 radical (unpaired) electrons. The van der Waals surface area contributed by atoms with Crippen LogP contribution in [0.5, 0.6) is 0 Å². The molecule has 0 atom stereocenters. The summed E-state index contributed by atoms with van der Waals surface area (Å²) in [5.74, 6) is 0.281. The number of aromatic nitrogens is 1. The quantitative estimate of drug-likeness (QED) is 0.672. The molecule has 26 heavy (non-hydrogen) atoms. The smallest absolute Gasteiger partial charge is 0.257 e. The van der Waals surface area contributed by atoms with E-state index in [-0.39, 0.29) is 31.3 Å². The number of rotatable bonds is 8. The normalized spacial score (nSPS) is 10.5. The minimum atomic E-state index is -0.215. The maximum atomic E-state index is 12.6. The molecular weight excluding hydrogens is 334 g/mol. The van der Waals surface area contributed by atoms with Crippen molar-refractivity contribution in [2.45, 2.75) is 19.5 Å². The maximum Gasteiger partial charge on any atom is 0.257 e. The van der Waals surface area contributed by atoms with Crippen LogP contribution in [0.2, 0.25) is 0 Å². The van der Waals surface area contributed by atoms with E-state index in [0.29, 0.717) is 17.9 Å². The Hall–Kier alpha value is -3.35. The minimum Gasteiger partial charge on any atom is -0.472 e. The molecule has 1 N–H and O–H groups in total. The molecule has 3 aromatic heterocycles. The van der Waals surface area contributed by atoms with Crippen LogP contribution in [0.4, 0.5) is 0 Å². The molecule has 7 heteroatoms. The number of pyridine rings is 1. The summed E-state index contributed by atoms with van der Waals surface area (Å²) in [5.41, 5.74) is 1.22. The van der Waals surface area contributed by atoms with Gasteiger partial charge in [-0.15, -0.1) is 0 Å². The van der Waals surface area contributed by atoms with Crippen molar-refractivity contribution >= 4 is 11.8 Å².